The molecule has 2 nitrogen and oxygen atoms in total. The molecule has 0 radical (unpaired) electrons. The molecule has 4 heteroatoms. The van der Waals surface area contributed by atoms with Gasteiger partial charge in [-0.05, 0) is 18.6 Å². The van der Waals surface area contributed by atoms with Crippen LogP contribution in [0, 0.1) is 0 Å². The van der Waals surface area contributed by atoms with Gasteiger partial charge in [0.05, 0.1) is 10.7 Å². The highest BCUT2D eigenvalue weighted by atomic mass is 35.5. The second-order valence-corrected chi connectivity index (χ2v) is 4.91. The maximum atomic E-state index is 6.18. The molecule has 1 spiro atoms. The average molecular weight is 229 g/mol. The van der Waals surface area contributed by atoms with E-state index in [-0.39, 0.29) is 11.5 Å². The lowest BCUT2D eigenvalue weighted by molar-refractivity contribution is 0.734. The SMILES string of the molecule is NC1CC12CNc1c(Cl)ccc(Cl)c12. The van der Waals surface area contributed by atoms with E-state index in [0.29, 0.717) is 0 Å². The van der Waals surface area contributed by atoms with Crippen molar-refractivity contribution >= 4 is 28.9 Å². The van der Waals surface area contributed by atoms with Crippen molar-refractivity contribution in [3.05, 3.63) is 27.7 Å². The molecule has 1 aliphatic carbocycles. The van der Waals surface area contributed by atoms with E-state index in [1.54, 1.807) is 0 Å². The summed E-state index contributed by atoms with van der Waals surface area (Å²) in [4.78, 5) is 0. The molecule has 0 bridgehead atoms. The molecule has 0 amide bonds. The number of nitrogens with one attached hydrogen (secondary N) is 1. The van der Waals surface area contributed by atoms with E-state index in [1.807, 2.05) is 12.1 Å². The van der Waals surface area contributed by atoms with Gasteiger partial charge in [0.15, 0.2) is 0 Å². The minimum absolute atomic E-state index is 0.0668. The van der Waals surface area contributed by atoms with Gasteiger partial charge in [0, 0.05) is 28.6 Å². The monoisotopic (exact) mass is 228 g/mol. The largest absolute Gasteiger partial charge is 0.383 e. The Balaban J connectivity index is 2.24. The molecule has 74 valence electrons. The van der Waals surface area contributed by atoms with Crippen LogP contribution in [0.25, 0.3) is 0 Å². The quantitative estimate of drug-likeness (QED) is 0.716. The number of rotatable bonds is 0. The molecule has 1 aromatic rings. The first-order chi connectivity index (χ1) is 6.65. The third kappa shape index (κ3) is 0.914. The van der Waals surface area contributed by atoms with Gasteiger partial charge in [0.1, 0.15) is 0 Å². The predicted octanol–water partition coefficient (Wildman–Crippen LogP) is 2.39. The van der Waals surface area contributed by atoms with Gasteiger partial charge < -0.3 is 11.1 Å². The summed E-state index contributed by atoms with van der Waals surface area (Å²) in [6.45, 7) is 0.868. The van der Waals surface area contributed by atoms with E-state index in [9.17, 15) is 0 Å². The number of fused-ring (bicyclic) bond motifs is 2. The maximum absolute atomic E-state index is 6.18. The van der Waals surface area contributed by atoms with Crippen molar-refractivity contribution in [3.8, 4) is 0 Å². The number of hydrogen-bond acceptors (Lipinski definition) is 2. The Bertz CT molecular complexity index is 419. The molecule has 2 aliphatic rings. The maximum Gasteiger partial charge on any atom is 0.0641 e. The summed E-state index contributed by atoms with van der Waals surface area (Å²) in [5.41, 5.74) is 8.12. The minimum atomic E-state index is 0.0668. The summed E-state index contributed by atoms with van der Waals surface area (Å²) in [5, 5.41) is 4.81. The zero-order valence-corrected chi connectivity index (χ0v) is 8.99. The van der Waals surface area contributed by atoms with Gasteiger partial charge in [-0.25, -0.2) is 0 Å². The Kier molecular flexibility index (Phi) is 1.62. The van der Waals surface area contributed by atoms with E-state index < -0.39 is 0 Å². The van der Waals surface area contributed by atoms with Gasteiger partial charge in [-0.2, -0.15) is 0 Å². The van der Waals surface area contributed by atoms with Crippen LogP contribution < -0.4 is 11.1 Å². The standard InChI is InChI=1S/C10H10Cl2N2/c11-5-1-2-6(12)9-8(5)10(4-14-9)3-7(10)13/h1-2,7,14H,3-4,13H2. The number of anilines is 1. The number of hydrogen-bond donors (Lipinski definition) is 2. The Morgan fingerprint density at radius 2 is 2.00 bits per heavy atom. The van der Waals surface area contributed by atoms with Crippen molar-refractivity contribution in [1.82, 2.24) is 0 Å². The van der Waals surface area contributed by atoms with Crippen LogP contribution in [0.2, 0.25) is 10.0 Å². The third-order valence-corrected chi connectivity index (χ3v) is 3.95. The first-order valence-corrected chi connectivity index (χ1v) is 5.39. The normalized spacial score (nSPS) is 32.9. The molecule has 2 atom stereocenters. The summed E-state index contributed by atoms with van der Waals surface area (Å²) >= 11 is 12.3. The zero-order chi connectivity index (χ0) is 9.92. The van der Waals surface area contributed by atoms with E-state index in [0.717, 1.165) is 34.3 Å². The van der Waals surface area contributed by atoms with E-state index in [4.69, 9.17) is 28.9 Å². The van der Waals surface area contributed by atoms with Crippen molar-refractivity contribution in [2.24, 2.45) is 5.73 Å². The predicted molar refractivity (Wildman–Crippen MR) is 59.2 cm³/mol. The van der Waals surface area contributed by atoms with Gasteiger partial charge in [0.2, 0.25) is 0 Å². The van der Waals surface area contributed by atoms with Crippen LogP contribution in [-0.2, 0) is 5.41 Å². The molecule has 1 saturated carbocycles. The summed E-state index contributed by atoms with van der Waals surface area (Å²) < 4.78 is 0. The second kappa shape index (κ2) is 2.57. The summed E-state index contributed by atoms with van der Waals surface area (Å²) in [7, 11) is 0. The van der Waals surface area contributed by atoms with Gasteiger partial charge >= 0.3 is 0 Å². The van der Waals surface area contributed by atoms with Crippen LogP contribution in [0.15, 0.2) is 12.1 Å². The first kappa shape index (κ1) is 8.84. The number of benzene rings is 1. The van der Waals surface area contributed by atoms with Crippen molar-refractivity contribution in [1.29, 1.82) is 0 Å². The van der Waals surface area contributed by atoms with Crippen LogP contribution in [0.1, 0.15) is 12.0 Å². The van der Waals surface area contributed by atoms with Crippen LogP contribution in [0.3, 0.4) is 0 Å². The van der Waals surface area contributed by atoms with Gasteiger partial charge in [0.25, 0.3) is 0 Å². The van der Waals surface area contributed by atoms with Gasteiger partial charge in [-0.15, -0.1) is 0 Å². The molecule has 0 aromatic heterocycles. The fourth-order valence-corrected chi connectivity index (χ4v) is 2.94. The highest BCUT2D eigenvalue weighted by Gasteiger charge is 2.58. The van der Waals surface area contributed by atoms with Gasteiger partial charge in [-0.1, -0.05) is 23.2 Å². The lowest BCUT2D eigenvalue weighted by Gasteiger charge is -2.09. The Labute approximate surface area is 92.4 Å². The van der Waals surface area contributed by atoms with E-state index in [1.165, 1.54) is 0 Å². The van der Waals surface area contributed by atoms with Crippen LogP contribution in [0.5, 0.6) is 0 Å². The van der Waals surface area contributed by atoms with Crippen LogP contribution in [0.4, 0.5) is 5.69 Å². The molecule has 1 aliphatic heterocycles. The highest BCUT2D eigenvalue weighted by molar-refractivity contribution is 6.36. The molecule has 3 N–H and O–H groups in total. The fourth-order valence-electron chi connectivity index (χ4n) is 2.37. The molecule has 1 heterocycles. The summed E-state index contributed by atoms with van der Waals surface area (Å²) in [5.74, 6) is 0. The second-order valence-electron chi connectivity index (χ2n) is 4.10. The number of halogens is 2. The van der Waals surface area contributed by atoms with Crippen LogP contribution >= 0.6 is 23.2 Å². The highest BCUT2D eigenvalue weighted by Crippen LogP contribution is 2.57. The minimum Gasteiger partial charge on any atom is -0.383 e. The van der Waals surface area contributed by atoms with E-state index in [2.05, 4.69) is 5.32 Å². The molecule has 1 fully saturated rings. The topological polar surface area (TPSA) is 38.0 Å². The van der Waals surface area contributed by atoms with Gasteiger partial charge in [-0.3, -0.25) is 0 Å². The molecule has 2 unspecified atom stereocenters. The molecule has 3 rings (SSSR count). The number of nitrogens with two attached hydrogens (primary N) is 1. The lowest BCUT2D eigenvalue weighted by atomic mass is 9.97. The lowest BCUT2D eigenvalue weighted by Crippen LogP contribution is -2.20. The zero-order valence-electron chi connectivity index (χ0n) is 7.48. The molecule has 14 heavy (non-hydrogen) atoms. The smallest absolute Gasteiger partial charge is 0.0641 e. The van der Waals surface area contributed by atoms with Crippen molar-refractivity contribution < 1.29 is 0 Å². The third-order valence-electron chi connectivity index (χ3n) is 3.32. The Morgan fingerprint density at radius 1 is 1.36 bits per heavy atom. The molecule has 0 saturated heterocycles. The van der Waals surface area contributed by atoms with E-state index >= 15 is 0 Å². The van der Waals surface area contributed by atoms with Crippen LogP contribution in [-0.4, -0.2) is 12.6 Å². The first-order valence-electron chi connectivity index (χ1n) is 4.63. The van der Waals surface area contributed by atoms with Crippen molar-refractivity contribution in [2.75, 3.05) is 11.9 Å². The summed E-state index contributed by atoms with van der Waals surface area (Å²) in [6.07, 6.45) is 1.01. The molecular weight excluding hydrogens is 219 g/mol. The Morgan fingerprint density at radius 3 is 2.64 bits per heavy atom. The summed E-state index contributed by atoms with van der Waals surface area (Å²) in [6, 6.07) is 3.90. The average Bonchev–Trinajstić information content (AvgIpc) is 2.60. The molecular formula is C10H10Cl2N2. The van der Waals surface area contributed by atoms with Crippen molar-refractivity contribution in [2.45, 2.75) is 17.9 Å². The fraction of sp³-hybridized carbons (Fsp3) is 0.400. The molecule has 1 aromatic carbocycles. The Hall–Kier alpha value is -0.440. The van der Waals surface area contributed by atoms with Crippen molar-refractivity contribution in [3.63, 3.8) is 0 Å².